The van der Waals surface area contributed by atoms with E-state index in [-0.39, 0.29) is 111 Å². The number of amides is 6. The number of carbonyl (C=O) groups is 6. The molecule has 16 heteroatoms. The molecular weight excluding hydrogens is 1430 g/mol. The SMILES string of the molecule is CCC.CCC.CCC(CN(C)CC)CN(C)CC.CCN(C)C(C)=O.CCN(CC)C(C)=O.CCN(CC)C(C)=O.CCNC(C)=O.CCNC(C)=O.CNC(C)=O.[Ar].[Ar].c1ccc(-c2ccccc2)cc1.c1ccc(-c2ccccc2)cc1.c1ccc(Cc2ccccc2)cc1.c1ccc(Cc2ccccc2)cc1. The second kappa shape index (κ2) is 85.4. The third-order valence-electron chi connectivity index (χ3n) is 15.4. The molecule has 0 saturated carbocycles. The maximum Gasteiger partial charge on any atom is 0.219 e. The van der Waals surface area contributed by atoms with Crippen molar-refractivity contribution >= 4 is 35.4 Å². The van der Waals surface area contributed by atoms with Crippen molar-refractivity contribution in [1.29, 1.82) is 0 Å². The Balaban J connectivity index is -0.000000215. The molecule has 8 rings (SSSR count). The predicted octanol–water partition coefficient (Wildman–Crippen LogP) is 20.3. The van der Waals surface area contributed by atoms with Crippen LogP contribution in [0.1, 0.15) is 180 Å². The van der Waals surface area contributed by atoms with E-state index in [1.54, 1.807) is 49.6 Å². The Labute approximate surface area is 737 Å². The number of rotatable bonds is 20. The van der Waals surface area contributed by atoms with Crippen molar-refractivity contribution in [3.05, 3.63) is 265 Å². The van der Waals surface area contributed by atoms with Crippen molar-refractivity contribution in [2.45, 2.75) is 171 Å². The molecule has 0 aliphatic carbocycles. The maximum absolute atomic E-state index is 10.5. The smallest absolute Gasteiger partial charge is 0.219 e. The van der Waals surface area contributed by atoms with Crippen LogP contribution in [-0.4, -0.2) is 160 Å². The van der Waals surface area contributed by atoms with E-state index in [1.807, 2.05) is 72.7 Å². The second-order valence-electron chi connectivity index (χ2n) is 25.1. The van der Waals surface area contributed by atoms with E-state index in [0.29, 0.717) is 0 Å². The summed E-state index contributed by atoms with van der Waals surface area (Å²) in [6.07, 6.45) is 5.85. The molecule has 6 amide bonds. The molecule has 111 heavy (non-hydrogen) atoms. The van der Waals surface area contributed by atoms with Crippen LogP contribution < -0.4 is 16.0 Å². The molecule has 0 atom stereocenters. The number of benzene rings is 8. The molecule has 0 aliphatic heterocycles. The molecule has 14 nitrogen and oxygen atoms in total. The standard InChI is InChI=1S/2C13H12.2C12H10.C11H26N2.2C6H13NO.C5H11NO.2C4H9NO.C3H7NO.2C3H8.2Ar/c2*1-3-7-12(8-4-1)11-13-9-5-2-6-10-13;2*1-3-7-11(8-4-1)12-9-5-2-6-10-12;1-6-11(9-12(4)7-2)10-13(5)8-3;2*1-4-7(5-2)6(3)8;1-4-6(3)5(2)7;2*1-3-5-4(2)6;1-3(5)4-2;2*1-3-2;;/h2*1-10H,11H2;2*1-10H;11H,6-10H2,1-5H3;2*4-5H2,1-3H3;4H2,1-3H3;2*3H2,1-2H3,(H,5,6);1-2H3,(H,4,5);2*3H2,1-2H3;;. The largest absolute Gasteiger partial charge is 0.359 e. The summed E-state index contributed by atoms with van der Waals surface area (Å²) in [5, 5.41) is 7.53. The summed E-state index contributed by atoms with van der Waals surface area (Å²) in [7, 11) is 7.79. The first-order valence-corrected chi connectivity index (χ1v) is 39.4. The minimum Gasteiger partial charge on any atom is -0.359 e. The van der Waals surface area contributed by atoms with Gasteiger partial charge in [0.15, 0.2) is 0 Å². The van der Waals surface area contributed by atoms with Crippen molar-refractivity contribution in [2.24, 2.45) is 5.92 Å². The number of hydrogen-bond acceptors (Lipinski definition) is 8. The minimum absolute atomic E-state index is 0. The average Bonchev–Trinajstić information content (AvgIpc) is 0.864. The third kappa shape index (κ3) is 76.8. The molecule has 0 saturated heterocycles. The van der Waals surface area contributed by atoms with E-state index in [1.165, 1.54) is 97.6 Å². The van der Waals surface area contributed by atoms with Gasteiger partial charge in [0, 0.05) is 190 Å². The van der Waals surface area contributed by atoms with Gasteiger partial charge in [0.2, 0.25) is 35.4 Å². The summed E-state index contributed by atoms with van der Waals surface area (Å²) in [5.41, 5.74) is 10.6. The van der Waals surface area contributed by atoms with E-state index in [9.17, 15) is 28.8 Å². The van der Waals surface area contributed by atoms with Crippen LogP contribution in [0.25, 0.3) is 22.3 Å². The first-order valence-electron chi connectivity index (χ1n) is 39.4. The van der Waals surface area contributed by atoms with Crippen molar-refractivity contribution in [1.82, 2.24) is 40.4 Å². The molecule has 0 fully saturated rings. The summed E-state index contributed by atoms with van der Waals surface area (Å²) in [5.74, 6) is 1.36. The maximum atomic E-state index is 10.5. The Morgan fingerprint density at radius 3 is 0.595 bits per heavy atom. The summed E-state index contributed by atoms with van der Waals surface area (Å²) < 4.78 is 0. The Morgan fingerprint density at radius 2 is 0.495 bits per heavy atom. The number of carbonyl (C=O) groups excluding carboxylic acids is 6. The number of nitrogens with one attached hydrogen (secondary N) is 3. The molecule has 0 spiro atoms. The van der Waals surface area contributed by atoms with Crippen LogP contribution in [0.3, 0.4) is 0 Å². The van der Waals surface area contributed by atoms with E-state index in [4.69, 9.17) is 0 Å². The van der Waals surface area contributed by atoms with Crippen LogP contribution in [0.4, 0.5) is 0 Å². The zero-order chi connectivity index (χ0) is 83.3. The van der Waals surface area contributed by atoms with Gasteiger partial charge in [-0.3, -0.25) is 28.8 Å². The van der Waals surface area contributed by atoms with Gasteiger partial charge < -0.3 is 40.4 Å². The van der Waals surface area contributed by atoms with Crippen LogP contribution in [0, 0.1) is 81.4 Å². The van der Waals surface area contributed by atoms with Crippen molar-refractivity contribution < 1.29 is 104 Å². The van der Waals surface area contributed by atoms with Crippen LogP contribution in [0.2, 0.25) is 0 Å². The Hall–Kier alpha value is -6.98. The van der Waals surface area contributed by atoms with Gasteiger partial charge in [-0.05, 0) is 139 Å². The third-order valence-corrected chi connectivity index (χ3v) is 15.4. The van der Waals surface area contributed by atoms with E-state index in [0.717, 1.165) is 77.7 Å². The van der Waals surface area contributed by atoms with Crippen LogP contribution in [-0.2, 0) is 41.6 Å². The van der Waals surface area contributed by atoms with Crippen molar-refractivity contribution in [3.63, 3.8) is 0 Å². The van der Waals surface area contributed by atoms with E-state index in [2.05, 4.69) is 307 Å². The topological polar surface area (TPSA) is 155 Å². The fraction of sp³-hybridized carbons (Fsp3) is 0.432. The molecular formula is C95H148Ar2N8O6. The fourth-order valence-electron chi connectivity index (χ4n) is 8.89. The number of nitrogens with zero attached hydrogens (tertiary/aromatic N) is 5. The molecule has 0 aliphatic rings. The normalized spacial score (nSPS) is 9.07. The van der Waals surface area contributed by atoms with E-state index >= 15 is 0 Å². The van der Waals surface area contributed by atoms with Crippen LogP contribution in [0.5, 0.6) is 0 Å². The van der Waals surface area contributed by atoms with Crippen molar-refractivity contribution in [3.8, 4) is 22.3 Å². The summed E-state index contributed by atoms with van der Waals surface area (Å²) in [6, 6.07) is 83.7. The van der Waals surface area contributed by atoms with Gasteiger partial charge in [0.25, 0.3) is 0 Å². The molecule has 8 aromatic rings. The van der Waals surface area contributed by atoms with Gasteiger partial charge in [0.1, 0.15) is 0 Å². The summed E-state index contributed by atoms with van der Waals surface area (Å²) >= 11 is 0. The minimum atomic E-state index is 0. The molecule has 0 unspecified atom stereocenters. The van der Waals surface area contributed by atoms with Crippen LogP contribution >= 0.6 is 0 Å². The van der Waals surface area contributed by atoms with Crippen LogP contribution in [0.15, 0.2) is 243 Å². The molecule has 0 heterocycles. The fourth-order valence-corrected chi connectivity index (χ4v) is 8.89. The molecule has 0 bridgehead atoms. The predicted molar refractivity (Wildman–Crippen MR) is 472 cm³/mol. The van der Waals surface area contributed by atoms with Gasteiger partial charge >= 0.3 is 0 Å². The molecule has 3 N–H and O–H groups in total. The van der Waals surface area contributed by atoms with Crippen molar-refractivity contribution in [2.75, 3.05) is 100 Å². The van der Waals surface area contributed by atoms with Gasteiger partial charge in [-0.2, -0.15) is 0 Å². The summed E-state index contributed by atoms with van der Waals surface area (Å²) in [4.78, 5) is 70.9. The summed E-state index contributed by atoms with van der Waals surface area (Å²) in [6.45, 7) is 48.4. The Kier molecular flexibility index (Phi) is 90.3. The first kappa shape index (κ1) is 117. The second-order valence-corrected chi connectivity index (χ2v) is 25.1. The Morgan fingerprint density at radius 1 is 0.297 bits per heavy atom. The Bertz CT molecular complexity index is 2950. The van der Waals surface area contributed by atoms with Gasteiger partial charge in [0.05, 0.1) is 0 Å². The van der Waals surface area contributed by atoms with Gasteiger partial charge in [-0.15, -0.1) is 0 Å². The monoisotopic (exact) mass is 1580 g/mol. The molecule has 8 aromatic carbocycles. The van der Waals surface area contributed by atoms with Gasteiger partial charge in [-0.25, -0.2) is 0 Å². The molecule has 0 radical (unpaired) electrons. The van der Waals surface area contributed by atoms with E-state index < -0.39 is 0 Å². The quantitative estimate of drug-likeness (QED) is 0.0681. The zero-order valence-corrected chi connectivity index (χ0v) is 74.3. The first-order chi connectivity index (χ1) is 52.2. The molecule has 0 aromatic heterocycles. The molecule has 620 valence electrons. The number of hydrogen-bond donors (Lipinski definition) is 3. The zero-order valence-electron chi connectivity index (χ0n) is 72.9. The average molecular weight is 1580 g/mol. The van der Waals surface area contributed by atoms with Gasteiger partial charge in [-0.1, -0.05) is 310 Å².